The second-order valence-corrected chi connectivity index (χ2v) is 7.59. The molecular formula is C11H17Cl2Zr. The molecule has 0 spiro atoms. The van der Waals surface area contributed by atoms with E-state index in [1.165, 1.54) is 11.1 Å². The van der Waals surface area contributed by atoms with Crippen molar-refractivity contribution in [2.24, 2.45) is 11.8 Å². The number of halogens is 2. The van der Waals surface area contributed by atoms with Crippen LogP contribution in [0.4, 0.5) is 0 Å². The van der Waals surface area contributed by atoms with Gasteiger partial charge in [-0.05, 0) is 17.4 Å². The van der Waals surface area contributed by atoms with Crippen LogP contribution in [0.25, 0.3) is 0 Å². The summed E-state index contributed by atoms with van der Waals surface area (Å²) in [6.07, 6.45) is 6.79. The minimum absolute atomic E-state index is 0.669. The molecule has 0 aromatic carbocycles. The Hall–Kier alpha value is 0.943. The van der Waals surface area contributed by atoms with E-state index in [-0.39, 0.29) is 0 Å². The Bertz CT molecular complexity index is 217. The van der Waals surface area contributed by atoms with E-state index in [0.29, 0.717) is 11.8 Å². The fourth-order valence-electron chi connectivity index (χ4n) is 1.20. The summed E-state index contributed by atoms with van der Waals surface area (Å²) in [7, 11) is 9.87. The molecule has 0 bridgehead atoms. The molecule has 0 aliphatic heterocycles. The van der Waals surface area contributed by atoms with Gasteiger partial charge in [0.1, 0.15) is 0 Å². The van der Waals surface area contributed by atoms with Crippen molar-refractivity contribution in [1.29, 1.82) is 0 Å². The van der Waals surface area contributed by atoms with Gasteiger partial charge in [0.05, 0.1) is 0 Å². The number of hydrogen-bond donors (Lipinski definition) is 0. The Morgan fingerprint density at radius 1 is 1.00 bits per heavy atom. The van der Waals surface area contributed by atoms with Crippen LogP contribution in [-0.4, -0.2) is 0 Å². The van der Waals surface area contributed by atoms with Crippen LogP contribution in [-0.2, 0) is 20.8 Å². The summed E-state index contributed by atoms with van der Waals surface area (Å²) in [6.45, 7) is 8.94. The van der Waals surface area contributed by atoms with Crippen LogP contribution in [0, 0.1) is 18.3 Å². The molecule has 0 aromatic rings. The van der Waals surface area contributed by atoms with E-state index in [1.807, 2.05) is 0 Å². The molecule has 3 heteroatoms. The van der Waals surface area contributed by atoms with E-state index in [4.69, 9.17) is 17.0 Å². The first-order chi connectivity index (χ1) is 6.52. The van der Waals surface area contributed by atoms with Gasteiger partial charge >= 0.3 is 37.9 Å². The predicted octanol–water partition coefficient (Wildman–Crippen LogP) is 4.75. The van der Waals surface area contributed by atoms with Crippen molar-refractivity contribution in [1.82, 2.24) is 0 Å². The van der Waals surface area contributed by atoms with Crippen molar-refractivity contribution in [2.45, 2.75) is 27.7 Å². The maximum absolute atomic E-state index is 4.93. The predicted molar refractivity (Wildman–Crippen MR) is 61.8 cm³/mol. The Morgan fingerprint density at radius 3 is 1.64 bits per heavy atom. The van der Waals surface area contributed by atoms with E-state index in [9.17, 15) is 0 Å². The summed E-state index contributed by atoms with van der Waals surface area (Å²) in [6, 6.07) is 0. The van der Waals surface area contributed by atoms with Gasteiger partial charge in [-0.1, -0.05) is 45.4 Å². The summed E-state index contributed by atoms with van der Waals surface area (Å²) in [4.78, 5) is 0. The average Bonchev–Trinajstić information content (AvgIpc) is 2.53. The SMILES string of the molecule is CC(C)C1=CC(C(C)C)=C[CH]1.[Cl][Zr][Cl]. The van der Waals surface area contributed by atoms with Crippen molar-refractivity contribution < 1.29 is 20.8 Å². The number of rotatable bonds is 2. The van der Waals surface area contributed by atoms with Crippen molar-refractivity contribution in [2.75, 3.05) is 0 Å². The Morgan fingerprint density at radius 2 is 1.43 bits per heavy atom. The van der Waals surface area contributed by atoms with Crippen LogP contribution < -0.4 is 0 Å². The van der Waals surface area contributed by atoms with Crippen LogP contribution in [0.15, 0.2) is 23.3 Å². The van der Waals surface area contributed by atoms with E-state index >= 15 is 0 Å². The molecule has 1 aliphatic carbocycles. The van der Waals surface area contributed by atoms with Gasteiger partial charge in [0.2, 0.25) is 0 Å². The van der Waals surface area contributed by atoms with Gasteiger partial charge in [0, 0.05) is 6.42 Å². The number of hydrogen-bond acceptors (Lipinski definition) is 0. The minimum atomic E-state index is -0.826. The fraction of sp³-hybridized carbons (Fsp3) is 0.545. The monoisotopic (exact) mass is 309 g/mol. The average molecular weight is 311 g/mol. The molecule has 1 aliphatic rings. The topological polar surface area (TPSA) is 0 Å². The molecule has 0 N–H and O–H groups in total. The van der Waals surface area contributed by atoms with Crippen LogP contribution in [0.2, 0.25) is 0 Å². The first kappa shape index (κ1) is 14.9. The zero-order valence-corrected chi connectivity index (χ0v) is 13.1. The molecule has 0 unspecified atom stereocenters. The third-order valence-electron chi connectivity index (χ3n) is 2.13. The quantitative estimate of drug-likeness (QED) is 0.690. The van der Waals surface area contributed by atoms with Crippen molar-refractivity contribution >= 4 is 17.0 Å². The molecule has 0 nitrogen and oxygen atoms in total. The molecule has 0 aromatic heterocycles. The van der Waals surface area contributed by atoms with Gasteiger partial charge < -0.3 is 0 Å². The first-order valence-electron chi connectivity index (χ1n) is 4.75. The molecular weight excluding hydrogens is 294 g/mol. The standard InChI is InChI=1S/C11H17.2ClH.Zr/c1-8(2)10-5-6-11(7-10)9(3)4;;;/h5-9H,1-4H3;2*1H;/q;;;+2/p-2. The molecule has 14 heavy (non-hydrogen) atoms. The summed E-state index contributed by atoms with van der Waals surface area (Å²) in [5.41, 5.74) is 2.93. The van der Waals surface area contributed by atoms with Crippen molar-refractivity contribution in [3.05, 3.63) is 29.7 Å². The summed E-state index contributed by atoms with van der Waals surface area (Å²) in [5.74, 6) is 1.34. The van der Waals surface area contributed by atoms with Crippen molar-refractivity contribution in [3.63, 3.8) is 0 Å². The van der Waals surface area contributed by atoms with Gasteiger partial charge in [0.15, 0.2) is 0 Å². The molecule has 79 valence electrons. The first-order valence-corrected chi connectivity index (χ1v) is 11.1. The Labute approximate surface area is 106 Å². The summed E-state index contributed by atoms with van der Waals surface area (Å²) in [5, 5.41) is 0. The zero-order chi connectivity index (χ0) is 11.1. The maximum atomic E-state index is 4.93. The van der Waals surface area contributed by atoms with Gasteiger partial charge in [-0.3, -0.25) is 0 Å². The number of allylic oxidation sites excluding steroid dienone is 4. The van der Waals surface area contributed by atoms with E-state index < -0.39 is 20.8 Å². The van der Waals surface area contributed by atoms with Crippen LogP contribution in [0.5, 0.6) is 0 Å². The third kappa shape index (κ3) is 5.73. The molecule has 0 heterocycles. The zero-order valence-electron chi connectivity index (χ0n) is 9.14. The second kappa shape index (κ2) is 8.14. The molecule has 0 saturated heterocycles. The van der Waals surface area contributed by atoms with Crippen LogP contribution >= 0.6 is 17.0 Å². The summed E-state index contributed by atoms with van der Waals surface area (Å²) >= 11 is -0.826. The van der Waals surface area contributed by atoms with Gasteiger partial charge in [-0.25, -0.2) is 0 Å². The fourth-order valence-corrected chi connectivity index (χ4v) is 1.20. The van der Waals surface area contributed by atoms with Crippen LogP contribution in [0.1, 0.15) is 27.7 Å². The molecule has 0 fully saturated rings. The van der Waals surface area contributed by atoms with Gasteiger partial charge in [-0.2, -0.15) is 0 Å². The van der Waals surface area contributed by atoms with Crippen molar-refractivity contribution in [3.8, 4) is 0 Å². The Kier molecular flexibility index (Phi) is 8.68. The Balaban J connectivity index is 0.000000500. The van der Waals surface area contributed by atoms with Gasteiger partial charge in [-0.15, -0.1) is 0 Å². The molecule has 1 radical (unpaired) electrons. The molecule has 0 saturated carbocycles. The van der Waals surface area contributed by atoms with E-state index in [2.05, 4.69) is 46.3 Å². The molecule has 1 rings (SSSR count). The second-order valence-electron chi connectivity index (χ2n) is 3.86. The van der Waals surface area contributed by atoms with Crippen LogP contribution in [0.3, 0.4) is 0 Å². The van der Waals surface area contributed by atoms with E-state index in [1.54, 1.807) is 0 Å². The molecule has 0 amide bonds. The molecule has 0 atom stereocenters. The van der Waals surface area contributed by atoms with Gasteiger partial charge in [0.25, 0.3) is 0 Å². The van der Waals surface area contributed by atoms with E-state index in [0.717, 1.165) is 0 Å². The summed E-state index contributed by atoms with van der Waals surface area (Å²) < 4.78 is 0. The normalized spacial score (nSPS) is 14.9. The third-order valence-corrected chi connectivity index (χ3v) is 2.13.